The van der Waals surface area contributed by atoms with Gasteiger partial charge in [-0.25, -0.2) is 0 Å². The van der Waals surface area contributed by atoms with Crippen LogP contribution in [0.15, 0.2) is 22.7 Å². The third-order valence-corrected chi connectivity index (χ3v) is 4.58. The van der Waals surface area contributed by atoms with E-state index >= 15 is 0 Å². The molecule has 0 aromatic heterocycles. The molecule has 0 spiro atoms. The van der Waals surface area contributed by atoms with Crippen molar-refractivity contribution in [1.82, 2.24) is 5.32 Å². The van der Waals surface area contributed by atoms with Crippen LogP contribution < -0.4 is 5.32 Å². The molecule has 0 radical (unpaired) electrons. The second-order valence-corrected chi connectivity index (χ2v) is 6.15. The highest BCUT2D eigenvalue weighted by molar-refractivity contribution is 9.10. The second kappa shape index (κ2) is 6.90. The summed E-state index contributed by atoms with van der Waals surface area (Å²) in [6.07, 6.45) is 2.33. The highest BCUT2D eigenvalue weighted by Gasteiger charge is 2.20. The van der Waals surface area contributed by atoms with Gasteiger partial charge in [-0.3, -0.25) is 0 Å². The molecule has 1 aliphatic heterocycles. The molecule has 1 N–H and O–H groups in total. The summed E-state index contributed by atoms with van der Waals surface area (Å²) in [4.78, 5) is 0. The van der Waals surface area contributed by atoms with E-state index in [-0.39, 0.29) is 0 Å². The third-order valence-electron chi connectivity index (χ3n) is 3.60. The highest BCUT2D eigenvalue weighted by atomic mass is 79.9. The van der Waals surface area contributed by atoms with Crippen LogP contribution >= 0.6 is 27.5 Å². The van der Waals surface area contributed by atoms with Gasteiger partial charge in [0.05, 0.1) is 0 Å². The Labute approximate surface area is 122 Å². The molecule has 1 saturated heterocycles. The Morgan fingerprint density at radius 2 is 2.17 bits per heavy atom. The summed E-state index contributed by atoms with van der Waals surface area (Å²) in [5.74, 6) is 0.727. The van der Waals surface area contributed by atoms with Crippen molar-refractivity contribution in [1.29, 1.82) is 0 Å². The van der Waals surface area contributed by atoms with Crippen LogP contribution in [0.4, 0.5) is 0 Å². The zero-order valence-corrected chi connectivity index (χ0v) is 12.9. The number of benzene rings is 1. The van der Waals surface area contributed by atoms with Crippen LogP contribution in [-0.4, -0.2) is 19.3 Å². The molecular weight excluding hydrogens is 314 g/mol. The first kappa shape index (κ1) is 14.3. The molecule has 1 aliphatic rings. The normalized spacial score (nSPS) is 18.8. The molecule has 1 aromatic carbocycles. The van der Waals surface area contributed by atoms with Gasteiger partial charge in [0.2, 0.25) is 0 Å². The molecule has 1 atom stereocenters. The lowest BCUT2D eigenvalue weighted by molar-refractivity contribution is 0.0558. The summed E-state index contributed by atoms with van der Waals surface area (Å²) in [7, 11) is 0. The number of halogens is 2. The van der Waals surface area contributed by atoms with E-state index in [1.54, 1.807) is 0 Å². The number of hydrogen-bond donors (Lipinski definition) is 1. The summed E-state index contributed by atoms with van der Waals surface area (Å²) >= 11 is 9.49. The molecule has 1 unspecified atom stereocenters. The van der Waals surface area contributed by atoms with Crippen molar-refractivity contribution in [3.63, 3.8) is 0 Å². The van der Waals surface area contributed by atoms with E-state index in [1.165, 1.54) is 5.56 Å². The monoisotopic (exact) mass is 331 g/mol. The molecule has 2 rings (SSSR count). The topological polar surface area (TPSA) is 21.3 Å². The zero-order chi connectivity index (χ0) is 13.0. The average Bonchev–Trinajstić information content (AvgIpc) is 2.38. The second-order valence-electron chi connectivity index (χ2n) is 4.86. The summed E-state index contributed by atoms with van der Waals surface area (Å²) in [6, 6.07) is 6.47. The first-order valence-electron chi connectivity index (χ1n) is 6.42. The maximum atomic E-state index is 5.94. The van der Waals surface area contributed by atoms with Gasteiger partial charge in [0.25, 0.3) is 0 Å². The molecule has 0 bridgehead atoms. The molecular formula is C14H19BrClNO. The minimum absolute atomic E-state index is 0.525. The minimum atomic E-state index is 0.525. The molecule has 0 amide bonds. The fourth-order valence-corrected chi connectivity index (χ4v) is 3.14. The van der Waals surface area contributed by atoms with Crippen LogP contribution in [0.25, 0.3) is 0 Å². The van der Waals surface area contributed by atoms with E-state index in [2.05, 4.69) is 34.2 Å². The molecule has 1 aromatic rings. The van der Waals surface area contributed by atoms with E-state index in [0.29, 0.717) is 6.04 Å². The summed E-state index contributed by atoms with van der Waals surface area (Å²) in [5, 5.41) is 4.37. The number of hydrogen-bond acceptors (Lipinski definition) is 2. The number of nitrogens with one attached hydrogen (secondary N) is 1. The van der Waals surface area contributed by atoms with E-state index in [0.717, 1.165) is 48.0 Å². The number of ether oxygens (including phenoxy) is 1. The Kier molecular flexibility index (Phi) is 5.49. The molecule has 0 saturated carbocycles. The van der Waals surface area contributed by atoms with Crippen molar-refractivity contribution in [3.05, 3.63) is 33.3 Å². The standard InChI is InChI=1S/C14H19BrClNO/c1-10(11-4-6-18-7-5-11)17-9-12-2-3-13(16)8-14(12)15/h2-3,8,10-11,17H,4-7,9H2,1H3. The lowest BCUT2D eigenvalue weighted by Crippen LogP contribution is -2.36. The van der Waals surface area contributed by atoms with E-state index in [9.17, 15) is 0 Å². The molecule has 1 heterocycles. The Bertz CT molecular complexity index is 393. The fraction of sp³-hybridized carbons (Fsp3) is 0.571. The smallest absolute Gasteiger partial charge is 0.0469 e. The van der Waals surface area contributed by atoms with E-state index in [4.69, 9.17) is 16.3 Å². The first-order chi connectivity index (χ1) is 8.66. The molecule has 18 heavy (non-hydrogen) atoms. The van der Waals surface area contributed by atoms with Crippen LogP contribution in [0.5, 0.6) is 0 Å². The third kappa shape index (κ3) is 3.95. The lowest BCUT2D eigenvalue weighted by Gasteiger charge is -2.28. The van der Waals surface area contributed by atoms with Gasteiger partial charge in [0.15, 0.2) is 0 Å². The Morgan fingerprint density at radius 3 is 2.83 bits per heavy atom. The van der Waals surface area contributed by atoms with Crippen molar-refractivity contribution >= 4 is 27.5 Å². The van der Waals surface area contributed by atoms with Crippen molar-refractivity contribution < 1.29 is 4.74 Å². The SMILES string of the molecule is CC(NCc1ccc(Cl)cc1Br)C1CCOCC1. The van der Waals surface area contributed by atoms with Crippen molar-refractivity contribution in [2.75, 3.05) is 13.2 Å². The minimum Gasteiger partial charge on any atom is -0.381 e. The maximum Gasteiger partial charge on any atom is 0.0469 e. The van der Waals surface area contributed by atoms with Crippen LogP contribution in [-0.2, 0) is 11.3 Å². The van der Waals surface area contributed by atoms with Crippen LogP contribution in [0.1, 0.15) is 25.3 Å². The van der Waals surface area contributed by atoms with Gasteiger partial charge in [-0.05, 0) is 43.4 Å². The van der Waals surface area contributed by atoms with Gasteiger partial charge in [0, 0.05) is 35.3 Å². The average molecular weight is 333 g/mol. The fourth-order valence-electron chi connectivity index (χ4n) is 2.32. The van der Waals surface area contributed by atoms with Gasteiger partial charge in [-0.15, -0.1) is 0 Å². The lowest BCUT2D eigenvalue weighted by atomic mass is 9.93. The predicted molar refractivity (Wildman–Crippen MR) is 79.0 cm³/mol. The van der Waals surface area contributed by atoms with Crippen LogP contribution in [0.2, 0.25) is 5.02 Å². The largest absolute Gasteiger partial charge is 0.381 e. The van der Waals surface area contributed by atoms with Gasteiger partial charge < -0.3 is 10.1 Å². The number of rotatable bonds is 4. The maximum absolute atomic E-state index is 5.94. The van der Waals surface area contributed by atoms with Crippen molar-refractivity contribution in [2.24, 2.45) is 5.92 Å². The Balaban J connectivity index is 1.86. The van der Waals surface area contributed by atoms with Crippen LogP contribution in [0.3, 0.4) is 0 Å². The summed E-state index contributed by atoms with van der Waals surface area (Å²) in [5.41, 5.74) is 1.25. The van der Waals surface area contributed by atoms with Gasteiger partial charge in [-0.2, -0.15) is 0 Å². The van der Waals surface area contributed by atoms with Gasteiger partial charge in [-0.1, -0.05) is 33.6 Å². The zero-order valence-electron chi connectivity index (χ0n) is 10.6. The molecule has 2 nitrogen and oxygen atoms in total. The van der Waals surface area contributed by atoms with E-state index < -0.39 is 0 Å². The van der Waals surface area contributed by atoms with Gasteiger partial charge >= 0.3 is 0 Å². The molecule has 1 fully saturated rings. The molecule has 0 aliphatic carbocycles. The van der Waals surface area contributed by atoms with Crippen LogP contribution in [0, 0.1) is 5.92 Å². The van der Waals surface area contributed by atoms with Crippen molar-refractivity contribution in [3.8, 4) is 0 Å². The Morgan fingerprint density at radius 1 is 1.44 bits per heavy atom. The molecule has 4 heteroatoms. The summed E-state index contributed by atoms with van der Waals surface area (Å²) < 4.78 is 6.47. The van der Waals surface area contributed by atoms with Crippen molar-refractivity contribution in [2.45, 2.75) is 32.4 Å². The quantitative estimate of drug-likeness (QED) is 0.899. The Hall–Kier alpha value is -0.0900. The van der Waals surface area contributed by atoms with Gasteiger partial charge in [0.1, 0.15) is 0 Å². The predicted octanol–water partition coefficient (Wildman–Crippen LogP) is 4.01. The first-order valence-corrected chi connectivity index (χ1v) is 7.59. The van der Waals surface area contributed by atoms with E-state index in [1.807, 2.05) is 12.1 Å². The highest BCUT2D eigenvalue weighted by Crippen LogP contribution is 2.23. The molecule has 100 valence electrons. The summed E-state index contributed by atoms with van der Waals surface area (Å²) in [6.45, 7) is 4.94.